The van der Waals surface area contributed by atoms with E-state index in [2.05, 4.69) is 0 Å². The van der Waals surface area contributed by atoms with Crippen LogP contribution in [0.4, 0.5) is 0 Å². The average Bonchev–Trinajstić information content (AvgIpc) is 2.17. The molecule has 2 nitrogen and oxygen atoms in total. The van der Waals surface area contributed by atoms with Gasteiger partial charge in [0.2, 0.25) is 0 Å². The van der Waals surface area contributed by atoms with Gasteiger partial charge in [0.15, 0.2) is 0 Å². The highest BCUT2D eigenvalue weighted by Gasteiger charge is 1.98. The molecule has 0 saturated heterocycles. The molecule has 0 aromatic heterocycles. The highest BCUT2D eigenvalue weighted by molar-refractivity contribution is 5.70. The maximum absolute atomic E-state index is 10.5. The Hall–Kier alpha value is -1.31. The number of hydrogen-bond acceptors (Lipinski definition) is 1. The van der Waals surface area contributed by atoms with Gasteiger partial charge in [-0.15, -0.1) is 0 Å². The number of aryl methyl sites for hydroxylation is 1. The van der Waals surface area contributed by atoms with E-state index in [1.54, 1.807) is 12.1 Å². The van der Waals surface area contributed by atoms with Crippen molar-refractivity contribution in [3.8, 4) is 0 Å². The fraction of sp³-hybridized carbons (Fsp3) is 0.300. The number of carboxylic acid groups (broad SMARTS) is 1. The van der Waals surface area contributed by atoms with E-state index < -0.39 is 12.4 Å². The average molecular weight is 165 g/mol. The highest BCUT2D eigenvalue weighted by atomic mass is 16.4. The number of hydrogen-bond donors (Lipinski definition) is 1. The van der Waals surface area contributed by atoms with Crippen LogP contribution in [0.15, 0.2) is 24.3 Å². The minimum Gasteiger partial charge on any atom is -0.481 e. The topological polar surface area (TPSA) is 37.3 Å². The summed E-state index contributed by atoms with van der Waals surface area (Å²) in [6.45, 7) is 2.03. The largest absolute Gasteiger partial charge is 0.481 e. The van der Waals surface area contributed by atoms with Crippen molar-refractivity contribution in [3.05, 3.63) is 35.4 Å². The van der Waals surface area contributed by atoms with Crippen molar-refractivity contribution in [2.45, 2.75) is 19.7 Å². The second-order valence-corrected chi connectivity index (χ2v) is 2.58. The van der Waals surface area contributed by atoms with Crippen molar-refractivity contribution in [2.24, 2.45) is 0 Å². The first-order valence-electron chi connectivity index (χ1n) is 4.46. The molecular formula is C10H12O2. The fourth-order valence-corrected chi connectivity index (χ4v) is 0.992. The van der Waals surface area contributed by atoms with Crippen LogP contribution in [0, 0.1) is 0 Å². The van der Waals surface area contributed by atoms with Crippen LogP contribution in [-0.4, -0.2) is 11.1 Å². The Morgan fingerprint density at radius 2 is 1.92 bits per heavy atom. The smallest absolute Gasteiger partial charge is 0.307 e. The summed E-state index contributed by atoms with van der Waals surface area (Å²) in [6.07, 6.45) is -0.235. The van der Waals surface area contributed by atoms with E-state index >= 15 is 0 Å². The fourth-order valence-electron chi connectivity index (χ4n) is 0.992. The first-order chi connectivity index (χ1) is 6.15. The summed E-state index contributed by atoms with van der Waals surface area (Å²) in [5.74, 6) is -1.11. The zero-order valence-electron chi connectivity index (χ0n) is 7.95. The molecule has 12 heavy (non-hydrogen) atoms. The highest BCUT2D eigenvalue weighted by Crippen LogP contribution is 2.05. The Kier molecular flexibility index (Phi) is 2.39. The molecule has 2 heteroatoms. The maximum atomic E-state index is 10.5. The molecule has 0 saturated carbocycles. The molecule has 0 radical (unpaired) electrons. The van der Waals surface area contributed by atoms with Crippen molar-refractivity contribution in [3.63, 3.8) is 0 Å². The quantitative estimate of drug-likeness (QED) is 0.742. The van der Waals surface area contributed by atoms with Gasteiger partial charge in [0.05, 0.1) is 6.40 Å². The second kappa shape index (κ2) is 3.90. The predicted molar refractivity (Wildman–Crippen MR) is 47.2 cm³/mol. The molecule has 1 atom stereocenters. The van der Waals surface area contributed by atoms with E-state index in [0.717, 1.165) is 12.0 Å². The SMILES string of the molecule is [2H]C(C(=O)O)c1ccc(CC)cc1. The van der Waals surface area contributed by atoms with E-state index in [4.69, 9.17) is 6.48 Å². The van der Waals surface area contributed by atoms with E-state index in [1.807, 2.05) is 19.1 Å². The minimum absolute atomic E-state index is 0.532. The summed E-state index contributed by atoms with van der Waals surface area (Å²) in [4.78, 5) is 10.5. The Labute approximate surface area is 73.3 Å². The summed E-state index contributed by atoms with van der Waals surface area (Å²) < 4.78 is 7.30. The van der Waals surface area contributed by atoms with Gasteiger partial charge in [0, 0.05) is 1.37 Å². The van der Waals surface area contributed by atoms with E-state index in [1.165, 1.54) is 0 Å². The van der Waals surface area contributed by atoms with Crippen molar-refractivity contribution < 1.29 is 11.3 Å². The molecule has 0 heterocycles. The lowest BCUT2D eigenvalue weighted by molar-refractivity contribution is -0.136. The van der Waals surface area contributed by atoms with Gasteiger partial charge in [0.1, 0.15) is 0 Å². The molecule has 0 aliphatic heterocycles. The van der Waals surface area contributed by atoms with Gasteiger partial charge >= 0.3 is 5.97 Å². The third-order valence-electron chi connectivity index (χ3n) is 1.68. The van der Waals surface area contributed by atoms with Crippen LogP contribution < -0.4 is 0 Å². The monoisotopic (exact) mass is 165 g/mol. The summed E-state index contributed by atoms with van der Waals surface area (Å²) in [5.41, 5.74) is 1.69. The van der Waals surface area contributed by atoms with Crippen LogP contribution in [0.25, 0.3) is 0 Å². The summed E-state index contributed by atoms with van der Waals surface area (Å²) in [6, 6.07) is 7.12. The number of carbonyl (C=O) groups is 1. The van der Waals surface area contributed by atoms with Crippen LogP contribution in [0.3, 0.4) is 0 Å². The zero-order chi connectivity index (χ0) is 9.84. The molecule has 0 spiro atoms. The van der Waals surface area contributed by atoms with Gasteiger partial charge in [-0.1, -0.05) is 31.2 Å². The standard InChI is InChI=1S/C10H12O2/c1-2-8-3-5-9(6-4-8)7-10(11)12/h3-6H,2,7H2,1H3,(H,11,12)/i7D. The summed E-state index contributed by atoms with van der Waals surface area (Å²) in [5, 5.41) is 8.57. The lowest BCUT2D eigenvalue weighted by Gasteiger charge is -1.98. The first kappa shape index (κ1) is 7.35. The van der Waals surface area contributed by atoms with Crippen molar-refractivity contribution in [1.29, 1.82) is 0 Å². The van der Waals surface area contributed by atoms with Crippen molar-refractivity contribution >= 4 is 5.97 Å². The Morgan fingerprint density at radius 3 is 2.33 bits per heavy atom. The minimum atomic E-state index is -1.16. The van der Waals surface area contributed by atoms with Crippen LogP contribution >= 0.6 is 0 Å². The van der Waals surface area contributed by atoms with Gasteiger partial charge in [-0.3, -0.25) is 4.79 Å². The van der Waals surface area contributed by atoms with E-state index in [9.17, 15) is 4.79 Å². The second-order valence-electron chi connectivity index (χ2n) is 2.58. The van der Waals surface area contributed by atoms with Crippen LogP contribution in [0.1, 0.15) is 19.4 Å². The Bertz CT molecular complexity index is 292. The number of aliphatic carboxylic acids is 1. The normalized spacial score (nSPS) is 13.6. The van der Waals surface area contributed by atoms with Crippen LogP contribution in [0.2, 0.25) is 0 Å². The molecule has 1 aromatic carbocycles. The molecule has 1 rings (SSSR count). The molecule has 0 aliphatic carbocycles. The maximum Gasteiger partial charge on any atom is 0.307 e. The molecule has 0 bridgehead atoms. The molecule has 1 N–H and O–H groups in total. The number of benzene rings is 1. The lowest BCUT2D eigenvalue weighted by Crippen LogP contribution is -1.99. The van der Waals surface area contributed by atoms with Crippen molar-refractivity contribution in [1.82, 2.24) is 0 Å². The van der Waals surface area contributed by atoms with Gasteiger partial charge in [-0.25, -0.2) is 0 Å². The molecule has 0 amide bonds. The molecular weight excluding hydrogens is 152 g/mol. The predicted octanol–water partition coefficient (Wildman–Crippen LogP) is 1.88. The van der Waals surface area contributed by atoms with Crippen molar-refractivity contribution in [2.75, 3.05) is 0 Å². The van der Waals surface area contributed by atoms with Crippen LogP contribution in [0.5, 0.6) is 0 Å². The van der Waals surface area contributed by atoms with Gasteiger partial charge < -0.3 is 5.11 Å². The zero-order valence-corrected chi connectivity index (χ0v) is 6.95. The Balaban J connectivity index is 2.85. The Morgan fingerprint density at radius 1 is 1.42 bits per heavy atom. The molecule has 0 aliphatic rings. The third kappa shape index (κ3) is 2.38. The van der Waals surface area contributed by atoms with E-state index in [-0.39, 0.29) is 0 Å². The first-order valence-corrected chi connectivity index (χ1v) is 3.89. The summed E-state index contributed by atoms with van der Waals surface area (Å²) in [7, 11) is 0. The number of rotatable bonds is 3. The van der Waals surface area contributed by atoms with E-state index in [0.29, 0.717) is 5.56 Å². The number of carboxylic acids is 1. The van der Waals surface area contributed by atoms with Crippen LogP contribution in [-0.2, 0) is 17.6 Å². The van der Waals surface area contributed by atoms with Gasteiger partial charge in [0.25, 0.3) is 0 Å². The lowest BCUT2D eigenvalue weighted by atomic mass is 10.1. The summed E-state index contributed by atoms with van der Waals surface area (Å²) >= 11 is 0. The van der Waals surface area contributed by atoms with Gasteiger partial charge in [-0.05, 0) is 17.5 Å². The third-order valence-corrected chi connectivity index (χ3v) is 1.68. The molecule has 0 fully saturated rings. The van der Waals surface area contributed by atoms with Gasteiger partial charge in [-0.2, -0.15) is 0 Å². The molecule has 64 valence electrons. The molecule has 1 aromatic rings. The molecule has 1 unspecified atom stereocenters.